The topological polar surface area (TPSA) is 102 Å². The molecule has 0 bridgehead atoms. The lowest BCUT2D eigenvalue weighted by atomic mass is 10.0. The number of nitrogen functional groups attached to an aromatic ring is 2. The molecule has 0 spiro atoms. The van der Waals surface area contributed by atoms with Crippen molar-refractivity contribution in [2.75, 3.05) is 16.5 Å². The predicted octanol–water partition coefficient (Wildman–Crippen LogP) is 1.19. The number of anilines is 3. The number of nitrogens with two attached hydrogens (primary N) is 2. The second-order valence-electron chi connectivity index (χ2n) is 5.66. The first-order valence-corrected chi connectivity index (χ1v) is 5.67. The Morgan fingerprint density at radius 1 is 1.12 bits per heavy atom. The van der Waals surface area contributed by atoms with Crippen molar-refractivity contribution in [3.05, 3.63) is 6.07 Å². The summed E-state index contributed by atoms with van der Waals surface area (Å²) in [7, 11) is 0. The molecular formula is C11H20N6. The van der Waals surface area contributed by atoms with E-state index in [1.54, 1.807) is 6.07 Å². The highest BCUT2D eigenvalue weighted by Crippen LogP contribution is 2.63. The summed E-state index contributed by atoms with van der Waals surface area (Å²) < 4.78 is 0. The number of hydrogen-bond donors (Lipinski definition) is 4. The Labute approximate surface area is 101 Å². The first-order chi connectivity index (χ1) is 7.79. The van der Waals surface area contributed by atoms with Crippen molar-refractivity contribution in [2.24, 2.45) is 16.7 Å². The summed E-state index contributed by atoms with van der Waals surface area (Å²) in [5.74, 6) is 6.74. The second-order valence-corrected chi connectivity index (χ2v) is 5.66. The number of aromatic nitrogens is 2. The van der Waals surface area contributed by atoms with Crippen LogP contribution in [0.4, 0.5) is 17.6 Å². The van der Waals surface area contributed by atoms with Crippen molar-refractivity contribution in [1.29, 1.82) is 0 Å². The minimum atomic E-state index is 0.208. The standard InChI is InChI=1S/C11H20N6/c1-10(2)8(11(10,3)4)14-6-5-7(17-13)16-9(12)15-6/h5,8H,13H2,1-4H3,(H4,12,14,15,16,17). The lowest BCUT2D eigenvalue weighted by Crippen LogP contribution is -2.15. The minimum Gasteiger partial charge on any atom is -0.368 e. The van der Waals surface area contributed by atoms with Crippen LogP contribution in [0.3, 0.4) is 0 Å². The van der Waals surface area contributed by atoms with Crippen molar-refractivity contribution in [2.45, 2.75) is 33.7 Å². The van der Waals surface area contributed by atoms with Crippen molar-refractivity contribution in [1.82, 2.24) is 9.97 Å². The predicted molar refractivity (Wildman–Crippen MR) is 69.2 cm³/mol. The van der Waals surface area contributed by atoms with Crippen LogP contribution in [0.2, 0.25) is 0 Å². The summed E-state index contributed by atoms with van der Waals surface area (Å²) in [6.07, 6.45) is 0. The van der Waals surface area contributed by atoms with Gasteiger partial charge in [-0.25, -0.2) is 5.84 Å². The fourth-order valence-electron chi connectivity index (χ4n) is 2.32. The van der Waals surface area contributed by atoms with Gasteiger partial charge in [-0.2, -0.15) is 9.97 Å². The van der Waals surface area contributed by atoms with Gasteiger partial charge in [0.15, 0.2) is 0 Å². The molecular weight excluding hydrogens is 216 g/mol. The van der Waals surface area contributed by atoms with Gasteiger partial charge in [0.05, 0.1) is 0 Å². The van der Waals surface area contributed by atoms with Crippen LogP contribution in [-0.4, -0.2) is 16.0 Å². The highest BCUT2D eigenvalue weighted by atomic mass is 15.3. The van der Waals surface area contributed by atoms with Gasteiger partial charge < -0.3 is 16.5 Å². The summed E-state index contributed by atoms with van der Waals surface area (Å²) >= 11 is 0. The quantitative estimate of drug-likeness (QED) is 0.464. The van der Waals surface area contributed by atoms with Crippen molar-refractivity contribution < 1.29 is 0 Å². The number of hydrazine groups is 1. The molecule has 0 aromatic carbocycles. The summed E-state index contributed by atoms with van der Waals surface area (Å²) in [4.78, 5) is 8.10. The van der Waals surface area contributed by atoms with Crippen LogP contribution in [0.5, 0.6) is 0 Å². The number of nitrogens with one attached hydrogen (secondary N) is 2. The summed E-state index contributed by atoms with van der Waals surface area (Å²) in [5.41, 5.74) is 8.56. The van der Waals surface area contributed by atoms with Crippen molar-refractivity contribution >= 4 is 17.6 Å². The van der Waals surface area contributed by atoms with Gasteiger partial charge in [-0.15, -0.1) is 0 Å². The molecule has 6 heteroatoms. The van der Waals surface area contributed by atoms with Crippen molar-refractivity contribution in [3.63, 3.8) is 0 Å². The van der Waals surface area contributed by atoms with Crippen LogP contribution < -0.4 is 22.3 Å². The van der Waals surface area contributed by atoms with Gasteiger partial charge in [0.2, 0.25) is 5.95 Å². The SMILES string of the molecule is CC1(C)C(Nc2cc(NN)nc(N)n2)C1(C)C. The smallest absolute Gasteiger partial charge is 0.223 e. The van der Waals surface area contributed by atoms with E-state index in [0.29, 0.717) is 17.7 Å². The summed E-state index contributed by atoms with van der Waals surface area (Å²) in [6.45, 7) is 8.93. The van der Waals surface area contributed by atoms with E-state index >= 15 is 0 Å². The normalized spacial score (nSPS) is 21.0. The number of nitrogens with zero attached hydrogens (tertiary/aromatic N) is 2. The molecule has 0 unspecified atom stereocenters. The highest BCUT2D eigenvalue weighted by molar-refractivity contribution is 5.52. The van der Waals surface area contributed by atoms with Gasteiger partial charge in [-0.1, -0.05) is 27.7 Å². The van der Waals surface area contributed by atoms with Crippen LogP contribution in [0.25, 0.3) is 0 Å². The van der Waals surface area contributed by atoms with E-state index < -0.39 is 0 Å². The largest absolute Gasteiger partial charge is 0.368 e. The zero-order valence-corrected chi connectivity index (χ0v) is 10.7. The Morgan fingerprint density at radius 3 is 2.12 bits per heavy atom. The molecule has 0 amide bonds. The highest BCUT2D eigenvalue weighted by Gasteiger charge is 2.65. The monoisotopic (exact) mass is 236 g/mol. The maximum atomic E-state index is 5.61. The molecule has 0 radical (unpaired) electrons. The summed E-state index contributed by atoms with van der Waals surface area (Å²) in [5, 5.41) is 3.39. The molecule has 2 rings (SSSR count). The minimum absolute atomic E-state index is 0.208. The molecule has 94 valence electrons. The lowest BCUT2D eigenvalue weighted by Gasteiger charge is -2.09. The third-order valence-electron chi connectivity index (χ3n) is 4.20. The maximum absolute atomic E-state index is 5.61. The average Bonchev–Trinajstić information content (AvgIpc) is 2.60. The maximum Gasteiger partial charge on any atom is 0.223 e. The third-order valence-corrected chi connectivity index (χ3v) is 4.20. The Balaban J connectivity index is 2.18. The molecule has 1 heterocycles. The van der Waals surface area contributed by atoms with E-state index in [1.165, 1.54) is 0 Å². The summed E-state index contributed by atoms with van der Waals surface area (Å²) in [6, 6.07) is 2.12. The second kappa shape index (κ2) is 3.46. The lowest BCUT2D eigenvalue weighted by molar-refractivity contribution is 0.457. The Hall–Kier alpha value is -1.56. The number of hydrogen-bond acceptors (Lipinski definition) is 6. The van der Waals surface area contributed by atoms with Gasteiger partial charge in [0.1, 0.15) is 11.6 Å². The molecule has 1 aromatic heterocycles. The van der Waals surface area contributed by atoms with Gasteiger partial charge in [-0.3, -0.25) is 0 Å². The molecule has 6 nitrogen and oxygen atoms in total. The molecule has 6 N–H and O–H groups in total. The van der Waals surface area contributed by atoms with E-state index in [-0.39, 0.29) is 16.8 Å². The fraction of sp³-hybridized carbons (Fsp3) is 0.636. The Kier molecular flexibility index (Phi) is 2.43. The fourth-order valence-corrected chi connectivity index (χ4v) is 2.32. The van der Waals surface area contributed by atoms with E-state index in [1.807, 2.05) is 0 Å². The van der Waals surface area contributed by atoms with Gasteiger partial charge in [0.25, 0.3) is 0 Å². The van der Waals surface area contributed by atoms with Crippen LogP contribution in [0, 0.1) is 10.8 Å². The van der Waals surface area contributed by atoms with E-state index in [4.69, 9.17) is 11.6 Å². The molecule has 0 aliphatic heterocycles. The molecule has 17 heavy (non-hydrogen) atoms. The molecule has 1 aliphatic rings. The molecule has 1 aromatic rings. The van der Waals surface area contributed by atoms with Crippen LogP contribution in [0.15, 0.2) is 6.07 Å². The molecule has 0 saturated heterocycles. The van der Waals surface area contributed by atoms with Gasteiger partial charge >= 0.3 is 0 Å². The molecule has 1 fully saturated rings. The van der Waals surface area contributed by atoms with Crippen LogP contribution >= 0.6 is 0 Å². The zero-order chi connectivity index (χ0) is 12.8. The Bertz CT molecular complexity index is 426. The van der Waals surface area contributed by atoms with Crippen LogP contribution in [0.1, 0.15) is 27.7 Å². The third kappa shape index (κ3) is 1.78. The average molecular weight is 236 g/mol. The van der Waals surface area contributed by atoms with Crippen LogP contribution in [-0.2, 0) is 0 Å². The first-order valence-electron chi connectivity index (χ1n) is 5.67. The molecule has 0 atom stereocenters. The number of rotatable bonds is 3. The van der Waals surface area contributed by atoms with Crippen molar-refractivity contribution in [3.8, 4) is 0 Å². The van der Waals surface area contributed by atoms with Gasteiger partial charge in [-0.05, 0) is 10.8 Å². The Morgan fingerprint density at radius 2 is 1.65 bits per heavy atom. The zero-order valence-electron chi connectivity index (χ0n) is 10.7. The van der Waals surface area contributed by atoms with E-state index in [0.717, 1.165) is 0 Å². The van der Waals surface area contributed by atoms with E-state index in [9.17, 15) is 0 Å². The van der Waals surface area contributed by atoms with Gasteiger partial charge in [0, 0.05) is 12.1 Å². The molecule has 1 saturated carbocycles. The van der Waals surface area contributed by atoms with E-state index in [2.05, 4.69) is 48.4 Å². The molecule has 1 aliphatic carbocycles. The first kappa shape index (κ1) is 11.9.